The van der Waals surface area contributed by atoms with Crippen LogP contribution in [0.2, 0.25) is 0 Å². The Morgan fingerprint density at radius 3 is 2.59 bits per heavy atom. The number of halogens is 1. The van der Waals surface area contributed by atoms with Crippen LogP contribution in [0, 0.1) is 13.8 Å². The van der Waals surface area contributed by atoms with E-state index in [1.54, 1.807) is 7.11 Å². The summed E-state index contributed by atoms with van der Waals surface area (Å²) in [7, 11) is 3.70. The van der Waals surface area contributed by atoms with Gasteiger partial charge < -0.3 is 15.4 Å². The smallest absolute Gasteiger partial charge is 0.191 e. The lowest BCUT2D eigenvalue weighted by Crippen LogP contribution is -2.38. The summed E-state index contributed by atoms with van der Waals surface area (Å²) in [6.45, 7) is 9.48. The summed E-state index contributed by atoms with van der Waals surface area (Å²) < 4.78 is 6.97. The number of rotatable bonds is 8. The zero-order valence-corrected chi connectivity index (χ0v) is 16.7. The number of guanidine groups is 1. The van der Waals surface area contributed by atoms with Crippen molar-refractivity contribution < 1.29 is 4.74 Å². The second-order valence-corrected chi connectivity index (χ2v) is 5.06. The molecule has 0 spiro atoms. The zero-order chi connectivity index (χ0) is 15.7. The minimum atomic E-state index is 0. The molecule has 0 saturated heterocycles. The highest BCUT2D eigenvalue weighted by molar-refractivity contribution is 14.0. The fraction of sp³-hybridized carbons (Fsp3) is 0.733. The molecule has 6 nitrogen and oxygen atoms in total. The summed E-state index contributed by atoms with van der Waals surface area (Å²) in [4.78, 5) is 4.53. The van der Waals surface area contributed by atoms with Gasteiger partial charge in [-0.3, -0.25) is 9.67 Å². The van der Waals surface area contributed by atoms with Crippen LogP contribution in [0.1, 0.15) is 30.3 Å². The lowest BCUT2D eigenvalue weighted by molar-refractivity contribution is 0.197. The average molecular weight is 423 g/mol. The Bertz CT molecular complexity index is 459. The number of nitrogens with one attached hydrogen (secondary N) is 2. The van der Waals surface area contributed by atoms with E-state index >= 15 is 0 Å². The van der Waals surface area contributed by atoms with Crippen LogP contribution in [-0.2, 0) is 18.2 Å². The summed E-state index contributed by atoms with van der Waals surface area (Å²) in [5.74, 6) is 0.868. The van der Waals surface area contributed by atoms with Crippen molar-refractivity contribution in [1.29, 1.82) is 0 Å². The Labute approximate surface area is 151 Å². The molecule has 22 heavy (non-hydrogen) atoms. The number of ether oxygens (including phenoxy) is 1. The predicted octanol–water partition coefficient (Wildman–Crippen LogP) is 1.79. The number of hydrogen-bond donors (Lipinski definition) is 2. The standard InChI is InChI=1S/C15H29N5O.HI/c1-6-16-15(17-9-7-11-21-5)18-10-8-14-12(2)19-20(4)13(14)3;/h6-11H2,1-5H3,(H2,16,17,18);1H. The van der Waals surface area contributed by atoms with Gasteiger partial charge in [0.05, 0.1) is 5.69 Å². The van der Waals surface area contributed by atoms with Crippen LogP contribution < -0.4 is 10.6 Å². The number of hydrogen-bond acceptors (Lipinski definition) is 3. The van der Waals surface area contributed by atoms with E-state index in [0.717, 1.165) is 50.7 Å². The van der Waals surface area contributed by atoms with Gasteiger partial charge in [-0.05, 0) is 39.2 Å². The van der Waals surface area contributed by atoms with Gasteiger partial charge in [0.1, 0.15) is 0 Å². The molecule has 1 aromatic heterocycles. The molecule has 0 radical (unpaired) electrons. The van der Waals surface area contributed by atoms with E-state index in [1.807, 2.05) is 11.7 Å². The molecule has 0 saturated carbocycles. The third-order valence-electron chi connectivity index (χ3n) is 3.45. The summed E-state index contributed by atoms with van der Waals surface area (Å²) in [5.41, 5.74) is 3.66. The van der Waals surface area contributed by atoms with Crippen LogP contribution in [0.3, 0.4) is 0 Å². The second-order valence-electron chi connectivity index (χ2n) is 5.06. The molecule has 0 unspecified atom stereocenters. The largest absolute Gasteiger partial charge is 0.385 e. The maximum Gasteiger partial charge on any atom is 0.191 e. The van der Waals surface area contributed by atoms with Crippen LogP contribution in [0.25, 0.3) is 0 Å². The number of aryl methyl sites for hydroxylation is 2. The molecule has 0 bridgehead atoms. The van der Waals surface area contributed by atoms with Crippen molar-refractivity contribution in [3.05, 3.63) is 17.0 Å². The Hall–Kier alpha value is -0.830. The first-order chi connectivity index (χ1) is 10.1. The molecule has 1 heterocycles. The zero-order valence-electron chi connectivity index (χ0n) is 14.4. The molecular weight excluding hydrogens is 393 g/mol. The van der Waals surface area contributed by atoms with Gasteiger partial charge in [0.2, 0.25) is 0 Å². The van der Waals surface area contributed by atoms with Crippen molar-refractivity contribution in [3.8, 4) is 0 Å². The van der Waals surface area contributed by atoms with Crippen molar-refractivity contribution in [2.45, 2.75) is 33.6 Å². The van der Waals surface area contributed by atoms with Gasteiger partial charge in [-0.25, -0.2) is 0 Å². The Balaban J connectivity index is 0.00000441. The monoisotopic (exact) mass is 423 g/mol. The van der Waals surface area contributed by atoms with Crippen molar-refractivity contribution in [2.24, 2.45) is 12.0 Å². The van der Waals surface area contributed by atoms with Crippen LogP contribution in [0.4, 0.5) is 0 Å². The molecule has 0 aromatic carbocycles. The van der Waals surface area contributed by atoms with E-state index in [-0.39, 0.29) is 24.0 Å². The van der Waals surface area contributed by atoms with E-state index in [9.17, 15) is 0 Å². The van der Waals surface area contributed by atoms with Gasteiger partial charge >= 0.3 is 0 Å². The van der Waals surface area contributed by atoms with E-state index in [0.29, 0.717) is 0 Å². The van der Waals surface area contributed by atoms with Crippen molar-refractivity contribution in [1.82, 2.24) is 20.4 Å². The molecule has 0 aliphatic rings. The molecule has 0 atom stereocenters. The van der Waals surface area contributed by atoms with E-state index < -0.39 is 0 Å². The fourth-order valence-corrected chi connectivity index (χ4v) is 2.23. The highest BCUT2D eigenvalue weighted by Gasteiger charge is 2.08. The summed E-state index contributed by atoms with van der Waals surface area (Å²) in [6, 6.07) is 0. The normalized spacial score (nSPS) is 11.2. The lowest BCUT2D eigenvalue weighted by atomic mass is 10.1. The molecule has 7 heteroatoms. The summed E-state index contributed by atoms with van der Waals surface area (Å²) in [6.07, 6.45) is 1.89. The predicted molar refractivity (Wildman–Crippen MR) is 102 cm³/mol. The first kappa shape index (κ1) is 21.2. The summed E-state index contributed by atoms with van der Waals surface area (Å²) >= 11 is 0. The maximum atomic E-state index is 5.03. The SMILES string of the molecule is CCNC(=NCCCOC)NCCc1c(C)nn(C)c1C.I. The lowest BCUT2D eigenvalue weighted by Gasteiger charge is -2.11. The topological polar surface area (TPSA) is 63.5 Å². The van der Waals surface area contributed by atoms with Gasteiger partial charge in [0.25, 0.3) is 0 Å². The van der Waals surface area contributed by atoms with Gasteiger partial charge in [0.15, 0.2) is 5.96 Å². The highest BCUT2D eigenvalue weighted by atomic mass is 127. The van der Waals surface area contributed by atoms with Gasteiger partial charge in [0, 0.05) is 46.1 Å². The quantitative estimate of drug-likeness (QED) is 0.290. The molecule has 1 aromatic rings. The molecule has 0 fully saturated rings. The van der Waals surface area contributed by atoms with Crippen molar-refractivity contribution in [3.63, 3.8) is 0 Å². The maximum absolute atomic E-state index is 5.03. The van der Waals surface area contributed by atoms with E-state index in [2.05, 4.69) is 41.5 Å². The molecule has 0 aliphatic heterocycles. The van der Waals surface area contributed by atoms with Crippen LogP contribution in [0.15, 0.2) is 4.99 Å². The highest BCUT2D eigenvalue weighted by Crippen LogP contribution is 2.11. The van der Waals surface area contributed by atoms with Crippen molar-refractivity contribution >= 4 is 29.9 Å². The van der Waals surface area contributed by atoms with Gasteiger partial charge in [-0.1, -0.05) is 0 Å². The third-order valence-corrected chi connectivity index (χ3v) is 3.45. The molecule has 2 N–H and O–H groups in total. The van der Waals surface area contributed by atoms with E-state index in [1.165, 1.54) is 11.3 Å². The van der Waals surface area contributed by atoms with Crippen LogP contribution >= 0.6 is 24.0 Å². The van der Waals surface area contributed by atoms with Crippen LogP contribution in [0.5, 0.6) is 0 Å². The molecule has 1 rings (SSSR count). The molecule has 128 valence electrons. The molecular formula is C15H30IN5O. The number of methoxy groups -OCH3 is 1. The summed E-state index contributed by atoms with van der Waals surface area (Å²) in [5, 5.41) is 11.1. The fourth-order valence-electron chi connectivity index (χ4n) is 2.23. The molecule has 0 aliphatic carbocycles. The Morgan fingerprint density at radius 1 is 1.32 bits per heavy atom. The minimum absolute atomic E-state index is 0. The van der Waals surface area contributed by atoms with E-state index in [4.69, 9.17) is 4.74 Å². The first-order valence-corrected chi connectivity index (χ1v) is 7.60. The second kappa shape index (κ2) is 11.7. The van der Waals surface area contributed by atoms with Crippen LogP contribution in [-0.4, -0.2) is 49.1 Å². The average Bonchev–Trinajstić information content (AvgIpc) is 2.69. The van der Waals surface area contributed by atoms with Crippen molar-refractivity contribution in [2.75, 3.05) is 33.4 Å². The number of nitrogens with zero attached hydrogens (tertiary/aromatic N) is 3. The van der Waals surface area contributed by atoms with Gasteiger partial charge in [-0.2, -0.15) is 5.10 Å². The van der Waals surface area contributed by atoms with Gasteiger partial charge in [-0.15, -0.1) is 24.0 Å². The first-order valence-electron chi connectivity index (χ1n) is 7.60. The third kappa shape index (κ3) is 6.95. The number of aromatic nitrogens is 2. The number of aliphatic imine (C=N–C) groups is 1. The Kier molecular flexibility index (Phi) is 11.3. The Morgan fingerprint density at radius 2 is 2.05 bits per heavy atom. The molecule has 0 amide bonds. The minimum Gasteiger partial charge on any atom is -0.385 e.